The molecule has 0 aliphatic carbocycles. The molecule has 9 heteroatoms. The van der Waals surface area contributed by atoms with E-state index in [1.165, 1.54) is 0 Å². The van der Waals surface area contributed by atoms with Crippen molar-refractivity contribution in [3.8, 4) is 0 Å². The van der Waals surface area contributed by atoms with E-state index in [2.05, 4.69) is 0 Å². The van der Waals surface area contributed by atoms with Gasteiger partial charge >= 0.3 is 6.96 Å². The minimum Gasteiger partial charge on any atom is -0.584 e. The average molecular weight is 327 g/mol. The fraction of sp³-hybridized carbons (Fsp3) is 0.714. The Kier molecular flexibility index (Phi) is 5.28. The van der Waals surface area contributed by atoms with Crippen LogP contribution in [0.3, 0.4) is 0 Å². The van der Waals surface area contributed by atoms with Crippen LogP contribution in [0, 0.1) is 11.8 Å². The Hall–Kier alpha value is -2.06. The summed E-state index contributed by atoms with van der Waals surface area (Å²) >= 11 is 0. The van der Waals surface area contributed by atoms with Gasteiger partial charge < -0.3 is 18.6 Å². The van der Waals surface area contributed by atoms with E-state index in [-0.39, 0.29) is 12.8 Å². The van der Waals surface area contributed by atoms with Crippen LogP contribution in [0.15, 0.2) is 0 Å². The Morgan fingerprint density at radius 2 is 1.00 bits per heavy atom. The van der Waals surface area contributed by atoms with E-state index in [1.807, 2.05) is 13.8 Å². The molecule has 0 unspecified atom stereocenters. The van der Waals surface area contributed by atoms with E-state index < -0.39 is 42.7 Å². The highest BCUT2D eigenvalue weighted by Gasteiger charge is 2.58. The summed E-state index contributed by atoms with van der Waals surface area (Å²) in [6, 6.07) is 0. The maximum atomic E-state index is 12.0. The van der Waals surface area contributed by atoms with E-state index in [1.54, 1.807) is 0 Å². The molecule has 128 valence electrons. The zero-order valence-corrected chi connectivity index (χ0v) is 13.2. The second-order valence-electron chi connectivity index (χ2n) is 5.71. The van der Waals surface area contributed by atoms with Gasteiger partial charge in [0.15, 0.2) is 0 Å². The SMILES string of the molecule is CCCCC1C(=O)O[B-]2(OC1=O)OC(=O)C(CCCC)C(=O)O2. The number of unbranched alkanes of at least 4 members (excludes halogenated alkanes) is 2. The highest BCUT2D eigenvalue weighted by atomic mass is 16.9. The van der Waals surface area contributed by atoms with E-state index in [9.17, 15) is 19.2 Å². The topological polar surface area (TPSA) is 105 Å². The molecular weight excluding hydrogens is 307 g/mol. The number of hydrogen-bond donors (Lipinski definition) is 0. The van der Waals surface area contributed by atoms with Gasteiger partial charge in [0.05, 0.1) is 0 Å². The number of carbonyl (C=O) groups is 4. The van der Waals surface area contributed by atoms with Crippen molar-refractivity contribution in [3.63, 3.8) is 0 Å². The van der Waals surface area contributed by atoms with Crippen molar-refractivity contribution >= 4 is 30.8 Å². The van der Waals surface area contributed by atoms with Crippen LogP contribution < -0.4 is 0 Å². The summed E-state index contributed by atoms with van der Waals surface area (Å²) < 4.78 is 19.5. The second-order valence-corrected chi connectivity index (χ2v) is 5.71. The minimum atomic E-state index is -3.46. The third-order valence-electron chi connectivity index (χ3n) is 3.87. The summed E-state index contributed by atoms with van der Waals surface area (Å²) in [5.74, 6) is -5.77. The van der Waals surface area contributed by atoms with Gasteiger partial charge in [-0.3, -0.25) is 19.2 Å². The Bertz CT molecular complexity index is 431. The Labute approximate surface area is 133 Å². The molecule has 0 N–H and O–H groups in total. The molecule has 0 radical (unpaired) electrons. The molecule has 0 bridgehead atoms. The molecule has 23 heavy (non-hydrogen) atoms. The van der Waals surface area contributed by atoms with E-state index in [0.29, 0.717) is 12.8 Å². The quantitative estimate of drug-likeness (QED) is 0.530. The second kappa shape index (κ2) is 7.01. The van der Waals surface area contributed by atoms with Gasteiger partial charge in [0, 0.05) is 0 Å². The van der Waals surface area contributed by atoms with Crippen LogP contribution in [0.25, 0.3) is 0 Å². The van der Waals surface area contributed by atoms with Crippen molar-refractivity contribution < 1.29 is 37.8 Å². The summed E-state index contributed by atoms with van der Waals surface area (Å²) in [7, 11) is 0. The average Bonchev–Trinajstić information content (AvgIpc) is 2.45. The maximum absolute atomic E-state index is 12.0. The van der Waals surface area contributed by atoms with Gasteiger partial charge in [-0.15, -0.1) is 0 Å². The third kappa shape index (κ3) is 3.65. The van der Waals surface area contributed by atoms with Gasteiger partial charge in [-0.1, -0.05) is 39.5 Å². The smallest absolute Gasteiger partial charge is 0.584 e. The van der Waals surface area contributed by atoms with Crippen LogP contribution in [-0.4, -0.2) is 30.8 Å². The van der Waals surface area contributed by atoms with Crippen LogP contribution >= 0.6 is 0 Å². The standard InChI is InChI=1S/C14H20BO8/c1-3-5-7-9-11(16)20-15(21-12(9)17)22-13(18)10(8-6-4-2)14(19)23-15/h9-10H,3-8H2,1-2H3/q-1. The first-order valence-corrected chi connectivity index (χ1v) is 7.96. The van der Waals surface area contributed by atoms with E-state index >= 15 is 0 Å². The summed E-state index contributed by atoms with van der Waals surface area (Å²) in [6.45, 7) is 0.360. The predicted molar refractivity (Wildman–Crippen MR) is 76.2 cm³/mol. The van der Waals surface area contributed by atoms with Gasteiger partial charge in [-0.2, -0.15) is 0 Å². The first-order chi connectivity index (χ1) is 10.9. The highest BCUT2D eigenvalue weighted by molar-refractivity contribution is 6.63. The summed E-state index contributed by atoms with van der Waals surface area (Å²) in [5.41, 5.74) is 0. The number of hydrogen-bond acceptors (Lipinski definition) is 8. The number of carbonyl (C=O) groups excluding carboxylic acids is 4. The van der Waals surface area contributed by atoms with Gasteiger partial charge in [-0.05, 0) is 12.8 Å². The lowest BCUT2D eigenvalue weighted by Gasteiger charge is -2.46. The van der Waals surface area contributed by atoms with Crippen molar-refractivity contribution in [2.24, 2.45) is 11.8 Å². The Morgan fingerprint density at radius 1 is 0.696 bits per heavy atom. The highest BCUT2D eigenvalue weighted by Crippen LogP contribution is 2.31. The molecule has 0 atom stereocenters. The summed E-state index contributed by atoms with van der Waals surface area (Å²) in [4.78, 5) is 47.8. The van der Waals surface area contributed by atoms with Crippen LogP contribution in [0.1, 0.15) is 52.4 Å². The van der Waals surface area contributed by atoms with Gasteiger partial charge in [0.25, 0.3) is 23.9 Å². The van der Waals surface area contributed by atoms with Crippen molar-refractivity contribution in [2.45, 2.75) is 52.4 Å². The van der Waals surface area contributed by atoms with Crippen LogP contribution in [0.2, 0.25) is 0 Å². The fourth-order valence-electron chi connectivity index (χ4n) is 2.52. The molecule has 8 nitrogen and oxygen atoms in total. The zero-order valence-electron chi connectivity index (χ0n) is 13.2. The molecule has 2 saturated heterocycles. The van der Waals surface area contributed by atoms with Gasteiger partial charge in [0.1, 0.15) is 11.8 Å². The lowest BCUT2D eigenvalue weighted by molar-refractivity contribution is -0.187. The minimum absolute atomic E-state index is 0.265. The molecule has 2 heterocycles. The van der Waals surface area contributed by atoms with Gasteiger partial charge in [0.2, 0.25) is 0 Å². The normalized spacial score (nSPS) is 30.5. The van der Waals surface area contributed by atoms with Crippen molar-refractivity contribution in [1.82, 2.24) is 0 Å². The van der Waals surface area contributed by atoms with Crippen molar-refractivity contribution in [1.29, 1.82) is 0 Å². The Balaban J connectivity index is 2.07. The maximum Gasteiger partial charge on any atom is 0.784 e. The van der Waals surface area contributed by atoms with Gasteiger partial charge in [-0.25, -0.2) is 0 Å². The fourth-order valence-corrected chi connectivity index (χ4v) is 2.52. The van der Waals surface area contributed by atoms with Crippen LogP contribution in [0.4, 0.5) is 0 Å². The molecule has 0 aromatic carbocycles. The number of rotatable bonds is 6. The van der Waals surface area contributed by atoms with Crippen LogP contribution in [-0.2, 0) is 37.8 Å². The molecular formula is C14H20BO8-. The molecule has 0 aromatic heterocycles. The van der Waals surface area contributed by atoms with E-state index in [4.69, 9.17) is 18.6 Å². The molecule has 1 spiro atoms. The lowest BCUT2D eigenvalue weighted by atomic mass is 9.91. The van der Waals surface area contributed by atoms with E-state index in [0.717, 1.165) is 12.8 Å². The zero-order chi connectivity index (χ0) is 17.0. The van der Waals surface area contributed by atoms with Crippen LogP contribution in [0.5, 0.6) is 0 Å². The Morgan fingerprint density at radius 3 is 1.26 bits per heavy atom. The van der Waals surface area contributed by atoms with Crippen molar-refractivity contribution in [3.05, 3.63) is 0 Å². The molecule has 2 fully saturated rings. The largest absolute Gasteiger partial charge is 0.784 e. The molecule has 0 aromatic rings. The summed E-state index contributed by atoms with van der Waals surface area (Å²) in [5, 5.41) is 0. The third-order valence-corrected chi connectivity index (χ3v) is 3.87. The first kappa shape index (κ1) is 17.3. The predicted octanol–water partition coefficient (Wildman–Crippen LogP) is 1.23. The first-order valence-electron chi connectivity index (χ1n) is 7.96. The lowest BCUT2D eigenvalue weighted by Crippen LogP contribution is -2.64. The monoisotopic (exact) mass is 327 g/mol. The molecule has 2 aliphatic heterocycles. The molecule has 0 saturated carbocycles. The molecule has 0 amide bonds. The molecule has 2 rings (SSSR count). The molecule has 2 aliphatic rings. The summed E-state index contributed by atoms with van der Waals surface area (Å²) in [6.07, 6.45) is 3.37. The van der Waals surface area contributed by atoms with Crippen molar-refractivity contribution in [2.75, 3.05) is 0 Å².